The first kappa shape index (κ1) is 26.6. The van der Waals surface area contributed by atoms with Gasteiger partial charge in [0.25, 0.3) is 5.56 Å². The highest BCUT2D eigenvalue weighted by atomic mass is 35.5. The second kappa shape index (κ2) is 12.6. The van der Waals surface area contributed by atoms with Crippen LogP contribution in [0.15, 0.2) is 65.6 Å². The van der Waals surface area contributed by atoms with E-state index in [1.165, 1.54) is 29.9 Å². The van der Waals surface area contributed by atoms with Gasteiger partial charge in [-0.2, -0.15) is 0 Å². The van der Waals surface area contributed by atoms with Crippen molar-refractivity contribution in [2.45, 2.75) is 20.8 Å². The van der Waals surface area contributed by atoms with Crippen LogP contribution in [0, 0.1) is 0 Å². The van der Waals surface area contributed by atoms with Gasteiger partial charge in [-0.05, 0) is 66.6 Å². The molecule has 34 heavy (non-hydrogen) atoms. The monoisotopic (exact) mass is 481 g/mol. The molecule has 0 N–H and O–H groups in total. The molecule has 178 valence electrons. The smallest absolute Gasteiger partial charge is 0.330 e. The zero-order valence-electron chi connectivity index (χ0n) is 19.9. The molecule has 3 rings (SSSR count). The van der Waals surface area contributed by atoms with E-state index in [-0.39, 0.29) is 17.9 Å². The summed E-state index contributed by atoms with van der Waals surface area (Å²) in [5.41, 5.74) is 2.26. The van der Waals surface area contributed by atoms with Crippen LogP contribution in [0.3, 0.4) is 0 Å². The quantitative estimate of drug-likeness (QED) is 0.251. The third-order valence-electron chi connectivity index (χ3n) is 4.81. The lowest BCUT2D eigenvalue weighted by Gasteiger charge is -2.14. The van der Waals surface area contributed by atoms with Gasteiger partial charge in [0, 0.05) is 47.1 Å². The second-order valence-electron chi connectivity index (χ2n) is 6.92. The molecule has 0 amide bonds. The maximum absolute atomic E-state index is 13.4. The fraction of sp³-hybridized carbons (Fsp3) is 0.222. The Morgan fingerprint density at radius 1 is 1.03 bits per heavy atom. The Labute approximate surface area is 204 Å². The summed E-state index contributed by atoms with van der Waals surface area (Å²) < 4.78 is 11.7. The summed E-state index contributed by atoms with van der Waals surface area (Å²) >= 11 is 5.96. The molecular formula is C27H28ClNO5. The van der Waals surface area contributed by atoms with Crippen molar-refractivity contribution >= 4 is 29.4 Å². The molecule has 1 aromatic heterocycles. The van der Waals surface area contributed by atoms with E-state index in [1.54, 1.807) is 62.6 Å². The number of hydrogen-bond acceptors (Lipinski definition) is 5. The van der Waals surface area contributed by atoms with Gasteiger partial charge in [0.15, 0.2) is 5.78 Å². The van der Waals surface area contributed by atoms with E-state index in [1.807, 2.05) is 13.8 Å². The number of esters is 1. The van der Waals surface area contributed by atoms with Gasteiger partial charge in [-0.1, -0.05) is 25.4 Å². The SMILES string of the molecule is CC.CCOC(=O)/C=C/c1cc(=O)n(C)cc1-c1ccc(OC)cc1C(=O)c1ccc(Cl)cc1. The van der Waals surface area contributed by atoms with Crippen molar-refractivity contribution in [2.75, 3.05) is 13.7 Å². The number of carbonyl (C=O) groups is 2. The third kappa shape index (κ3) is 6.45. The maximum atomic E-state index is 13.4. The molecule has 0 spiro atoms. The lowest BCUT2D eigenvalue weighted by atomic mass is 9.92. The van der Waals surface area contributed by atoms with Crippen molar-refractivity contribution in [3.05, 3.63) is 92.9 Å². The van der Waals surface area contributed by atoms with Gasteiger partial charge in [-0.15, -0.1) is 0 Å². The van der Waals surface area contributed by atoms with Crippen molar-refractivity contribution in [3.8, 4) is 16.9 Å². The number of methoxy groups -OCH3 is 1. The molecule has 0 aliphatic rings. The highest BCUT2D eigenvalue weighted by molar-refractivity contribution is 6.30. The molecule has 0 radical (unpaired) electrons. The first-order valence-electron chi connectivity index (χ1n) is 10.9. The van der Waals surface area contributed by atoms with Gasteiger partial charge in [0.1, 0.15) is 5.75 Å². The van der Waals surface area contributed by atoms with Crippen molar-refractivity contribution in [1.29, 1.82) is 0 Å². The van der Waals surface area contributed by atoms with Gasteiger partial charge in [-0.25, -0.2) is 4.79 Å². The third-order valence-corrected chi connectivity index (χ3v) is 5.07. The summed E-state index contributed by atoms with van der Waals surface area (Å²) in [5, 5.41) is 0.525. The zero-order chi connectivity index (χ0) is 25.3. The number of aromatic nitrogens is 1. The molecule has 6 nitrogen and oxygen atoms in total. The fourth-order valence-electron chi connectivity index (χ4n) is 3.19. The van der Waals surface area contributed by atoms with E-state index in [4.69, 9.17) is 21.1 Å². The number of ketones is 1. The predicted octanol–water partition coefficient (Wildman–Crippen LogP) is 5.55. The van der Waals surface area contributed by atoms with E-state index < -0.39 is 5.97 Å². The number of rotatable bonds is 7. The number of ether oxygens (including phenoxy) is 2. The van der Waals surface area contributed by atoms with Crippen LogP contribution in [0.4, 0.5) is 0 Å². The van der Waals surface area contributed by atoms with Crippen LogP contribution in [-0.4, -0.2) is 30.0 Å². The Bertz CT molecular complexity index is 1240. The summed E-state index contributed by atoms with van der Waals surface area (Å²) in [6, 6.07) is 13.1. The molecule has 2 aromatic carbocycles. The summed E-state index contributed by atoms with van der Waals surface area (Å²) in [4.78, 5) is 37.5. The molecule has 1 heterocycles. The van der Waals surface area contributed by atoms with Crippen molar-refractivity contribution < 1.29 is 19.1 Å². The summed E-state index contributed by atoms with van der Waals surface area (Å²) in [6.45, 7) is 5.95. The van der Waals surface area contributed by atoms with E-state index >= 15 is 0 Å². The Balaban J connectivity index is 0.00000199. The zero-order valence-corrected chi connectivity index (χ0v) is 20.7. The minimum absolute atomic E-state index is 0.232. The van der Waals surface area contributed by atoms with Crippen LogP contribution in [0.5, 0.6) is 5.75 Å². The number of carbonyl (C=O) groups excluding carboxylic acids is 2. The standard InChI is InChI=1S/C25H22ClNO5.C2H6/c1-4-32-24(29)12-7-17-13-23(28)27(2)15-22(17)20-11-10-19(31-3)14-21(20)25(30)16-5-8-18(26)9-6-16;1-2/h5-15H,4H2,1-3H3;1-2H3/b12-7+;. The summed E-state index contributed by atoms with van der Waals surface area (Å²) in [5.74, 6) is -0.240. The predicted molar refractivity (Wildman–Crippen MR) is 136 cm³/mol. The average molecular weight is 482 g/mol. The molecule has 0 aliphatic heterocycles. The van der Waals surface area contributed by atoms with Crippen molar-refractivity contribution in [2.24, 2.45) is 7.05 Å². The highest BCUT2D eigenvalue weighted by Crippen LogP contribution is 2.32. The van der Waals surface area contributed by atoms with Crippen LogP contribution >= 0.6 is 11.6 Å². The van der Waals surface area contributed by atoms with E-state index in [0.29, 0.717) is 38.6 Å². The molecule has 7 heteroatoms. The van der Waals surface area contributed by atoms with Crippen LogP contribution in [0.2, 0.25) is 5.02 Å². The number of pyridine rings is 1. The van der Waals surface area contributed by atoms with Crippen LogP contribution in [0.25, 0.3) is 17.2 Å². The van der Waals surface area contributed by atoms with Crippen molar-refractivity contribution in [1.82, 2.24) is 4.57 Å². The van der Waals surface area contributed by atoms with Gasteiger partial charge >= 0.3 is 5.97 Å². The molecule has 0 aliphatic carbocycles. The largest absolute Gasteiger partial charge is 0.497 e. The summed E-state index contributed by atoms with van der Waals surface area (Å²) in [6.07, 6.45) is 4.40. The molecule has 0 unspecified atom stereocenters. The van der Waals surface area contributed by atoms with Crippen molar-refractivity contribution in [3.63, 3.8) is 0 Å². The number of hydrogen-bond donors (Lipinski definition) is 0. The molecule has 3 aromatic rings. The average Bonchev–Trinajstić information content (AvgIpc) is 2.85. The first-order valence-corrected chi connectivity index (χ1v) is 11.3. The minimum atomic E-state index is -0.522. The Morgan fingerprint density at radius 3 is 2.32 bits per heavy atom. The van der Waals surface area contributed by atoms with E-state index in [2.05, 4.69) is 0 Å². The Hall–Kier alpha value is -3.64. The minimum Gasteiger partial charge on any atom is -0.497 e. The Kier molecular flexibility index (Phi) is 9.83. The maximum Gasteiger partial charge on any atom is 0.330 e. The lowest BCUT2D eigenvalue weighted by molar-refractivity contribution is -0.137. The molecule has 0 bridgehead atoms. The van der Waals surface area contributed by atoms with Gasteiger partial charge in [0.05, 0.1) is 13.7 Å². The van der Waals surface area contributed by atoms with E-state index in [9.17, 15) is 14.4 Å². The van der Waals surface area contributed by atoms with Gasteiger partial charge < -0.3 is 14.0 Å². The molecule has 0 fully saturated rings. The molecule has 0 atom stereocenters. The van der Waals surface area contributed by atoms with Crippen LogP contribution in [-0.2, 0) is 16.6 Å². The number of nitrogens with zero attached hydrogens (tertiary/aromatic N) is 1. The molecule has 0 saturated heterocycles. The van der Waals surface area contributed by atoms with E-state index in [0.717, 1.165) is 0 Å². The molecular weight excluding hydrogens is 454 g/mol. The fourth-order valence-corrected chi connectivity index (χ4v) is 3.31. The number of benzene rings is 2. The second-order valence-corrected chi connectivity index (χ2v) is 7.36. The van der Waals surface area contributed by atoms with Gasteiger partial charge in [-0.3, -0.25) is 9.59 Å². The van der Waals surface area contributed by atoms with Gasteiger partial charge in [0.2, 0.25) is 0 Å². The normalized spacial score (nSPS) is 10.4. The highest BCUT2D eigenvalue weighted by Gasteiger charge is 2.19. The summed E-state index contributed by atoms with van der Waals surface area (Å²) in [7, 11) is 3.14. The first-order chi connectivity index (χ1) is 16.3. The Morgan fingerprint density at radius 2 is 1.71 bits per heavy atom. The lowest BCUT2D eigenvalue weighted by Crippen LogP contribution is -2.16. The van der Waals surface area contributed by atoms with Crippen LogP contribution in [0.1, 0.15) is 42.3 Å². The molecule has 0 saturated carbocycles. The van der Waals surface area contributed by atoms with Crippen LogP contribution < -0.4 is 10.3 Å². The number of halogens is 1. The topological polar surface area (TPSA) is 74.6 Å². The number of aryl methyl sites for hydroxylation is 1.